The zero-order valence-corrected chi connectivity index (χ0v) is 10.2. The van der Waals surface area contributed by atoms with Crippen LogP contribution in [0.15, 0.2) is 6.07 Å². The van der Waals surface area contributed by atoms with E-state index in [1.165, 1.54) is 7.11 Å². The Morgan fingerprint density at radius 2 is 2.12 bits per heavy atom. The van der Waals surface area contributed by atoms with Crippen LogP contribution in [0.3, 0.4) is 0 Å². The lowest BCUT2D eigenvalue weighted by atomic mass is 9.92. The smallest absolute Gasteiger partial charge is 0.312 e. The molecule has 0 radical (unpaired) electrons. The molecule has 1 atom stereocenters. The van der Waals surface area contributed by atoms with Gasteiger partial charge in [-0.15, -0.1) is 0 Å². The lowest BCUT2D eigenvalue weighted by Gasteiger charge is -2.18. The number of aryl methyl sites for hydroxylation is 1. The van der Waals surface area contributed by atoms with Crippen molar-refractivity contribution in [1.82, 2.24) is 0 Å². The number of aromatic hydroxyl groups is 1. The SMILES string of the molecule is COc1c(C)c(C(CN)C(=O)O)cc(C)c1O. The Labute approximate surface area is 99.8 Å². The largest absolute Gasteiger partial charge is 0.504 e. The maximum absolute atomic E-state index is 11.1. The van der Waals surface area contributed by atoms with E-state index in [0.717, 1.165) is 0 Å². The predicted octanol–water partition coefficient (Wildman–Crippen LogP) is 1.14. The van der Waals surface area contributed by atoms with Crippen LogP contribution in [0.4, 0.5) is 0 Å². The maximum atomic E-state index is 11.1. The van der Waals surface area contributed by atoms with Crippen molar-refractivity contribution < 1.29 is 19.7 Å². The van der Waals surface area contributed by atoms with Gasteiger partial charge in [-0.3, -0.25) is 4.79 Å². The molecule has 1 aromatic carbocycles. The first kappa shape index (κ1) is 13.3. The molecule has 5 nitrogen and oxygen atoms in total. The molecule has 94 valence electrons. The minimum atomic E-state index is -0.984. The van der Waals surface area contributed by atoms with Crippen LogP contribution >= 0.6 is 0 Å². The fraction of sp³-hybridized carbons (Fsp3) is 0.417. The second-order valence-corrected chi connectivity index (χ2v) is 3.92. The minimum Gasteiger partial charge on any atom is -0.504 e. The number of ether oxygens (including phenoxy) is 1. The van der Waals surface area contributed by atoms with Gasteiger partial charge in [-0.05, 0) is 30.5 Å². The van der Waals surface area contributed by atoms with Gasteiger partial charge in [0.1, 0.15) is 0 Å². The van der Waals surface area contributed by atoms with Crippen molar-refractivity contribution in [3.63, 3.8) is 0 Å². The van der Waals surface area contributed by atoms with Crippen LogP contribution in [0.25, 0.3) is 0 Å². The topological polar surface area (TPSA) is 92.8 Å². The van der Waals surface area contributed by atoms with Gasteiger partial charge in [0.25, 0.3) is 0 Å². The molecule has 0 bridgehead atoms. The average molecular weight is 239 g/mol. The molecule has 0 fully saturated rings. The highest BCUT2D eigenvalue weighted by molar-refractivity contribution is 5.78. The number of benzene rings is 1. The van der Waals surface area contributed by atoms with Gasteiger partial charge < -0.3 is 20.7 Å². The number of rotatable bonds is 4. The molecule has 0 saturated heterocycles. The average Bonchev–Trinajstić information content (AvgIpc) is 2.26. The van der Waals surface area contributed by atoms with E-state index < -0.39 is 11.9 Å². The zero-order valence-electron chi connectivity index (χ0n) is 10.2. The molecule has 0 aromatic heterocycles. The molecule has 0 saturated carbocycles. The first-order chi connectivity index (χ1) is 7.93. The summed E-state index contributed by atoms with van der Waals surface area (Å²) < 4.78 is 5.09. The predicted molar refractivity (Wildman–Crippen MR) is 63.6 cm³/mol. The van der Waals surface area contributed by atoms with E-state index in [1.807, 2.05) is 0 Å². The number of methoxy groups -OCH3 is 1. The molecule has 1 rings (SSSR count). The van der Waals surface area contributed by atoms with Crippen molar-refractivity contribution >= 4 is 5.97 Å². The number of aliphatic carboxylic acids is 1. The van der Waals surface area contributed by atoms with Crippen LogP contribution in [0.2, 0.25) is 0 Å². The standard InChI is InChI=1S/C12H17NO4/c1-6-4-8(9(5-13)12(15)16)7(2)11(17-3)10(6)14/h4,9,14H,5,13H2,1-3H3,(H,15,16). The van der Waals surface area contributed by atoms with Gasteiger partial charge in [0.15, 0.2) is 11.5 Å². The highest BCUT2D eigenvalue weighted by atomic mass is 16.5. The Balaban J connectivity index is 3.44. The summed E-state index contributed by atoms with van der Waals surface area (Å²) in [7, 11) is 1.43. The number of phenols is 1. The van der Waals surface area contributed by atoms with Crippen molar-refractivity contribution in [1.29, 1.82) is 0 Å². The van der Waals surface area contributed by atoms with Crippen molar-refractivity contribution in [2.45, 2.75) is 19.8 Å². The second kappa shape index (κ2) is 5.05. The molecular weight excluding hydrogens is 222 g/mol. The van der Waals surface area contributed by atoms with Crippen LogP contribution in [0.1, 0.15) is 22.6 Å². The molecule has 0 aliphatic carbocycles. The van der Waals surface area contributed by atoms with Gasteiger partial charge in [-0.25, -0.2) is 0 Å². The number of carboxylic acids is 1. The molecule has 0 aliphatic rings. The number of phenolic OH excluding ortho intramolecular Hbond substituents is 1. The monoisotopic (exact) mass is 239 g/mol. The molecule has 0 spiro atoms. The third-order valence-electron chi connectivity index (χ3n) is 2.85. The van der Waals surface area contributed by atoms with Crippen LogP contribution in [-0.4, -0.2) is 29.8 Å². The van der Waals surface area contributed by atoms with E-state index in [4.69, 9.17) is 15.6 Å². The van der Waals surface area contributed by atoms with Crippen LogP contribution < -0.4 is 10.5 Å². The fourth-order valence-electron chi connectivity index (χ4n) is 1.87. The lowest BCUT2D eigenvalue weighted by molar-refractivity contribution is -0.138. The summed E-state index contributed by atoms with van der Waals surface area (Å²) in [5, 5.41) is 18.9. The molecule has 0 aliphatic heterocycles. The molecule has 4 N–H and O–H groups in total. The summed E-state index contributed by atoms with van der Waals surface area (Å²) >= 11 is 0. The van der Waals surface area contributed by atoms with Crippen molar-refractivity contribution in [3.8, 4) is 11.5 Å². The van der Waals surface area contributed by atoms with Gasteiger partial charge in [0.2, 0.25) is 0 Å². The Hall–Kier alpha value is -1.75. The summed E-state index contributed by atoms with van der Waals surface area (Å²) in [6, 6.07) is 1.64. The number of hydrogen-bond donors (Lipinski definition) is 3. The van der Waals surface area contributed by atoms with Crippen molar-refractivity contribution in [3.05, 3.63) is 22.8 Å². The first-order valence-electron chi connectivity index (χ1n) is 5.23. The number of nitrogens with two attached hydrogens (primary N) is 1. The van der Waals surface area contributed by atoms with Crippen LogP contribution in [0.5, 0.6) is 11.5 Å². The molecular formula is C12H17NO4. The van der Waals surface area contributed by atoms with Gasteiger partial charge >= 0.3 is 5.97 Å². The quantitative estimate of drug-likeness (QED) is 0.732. The van der Waals surface area contributed by atoms with E-state index in [2.05, 4.69) is 0 Å². The van der Waals surface area contributed by atoms with Crippen LogP contribution in [-0.2, 0) is 4.79 Å². The van der Waals surface area contributed by atoms with Crippen molar-refractivity contribution in [2.75, 3.05) is 13.7 Å². The van der Waals surface area contributed by atoms with Crippen molar-refractivity contribution in [2.24, 2.45) is 5.73 Å². The minimum absolute atomic E-state index is 0.00351. The molecule has 17 heavy (non-hydrogen) atoms. The number of carboxylic acid groups (broad SMARTS) is 1. The van der Waals surface area contributed by atoms with Gasteiger partial charge in [0, 0.05) is 6.54 Å². The van der Waals surface area contributed by atoms with Gasteiger partial charge in [-0.1, -0.05) is 6.07 Å². The van der Waals surface area contributed by atoms with E-state index in [1.54, 1.807) is 19.9 Å². The third-order valence-corrected chi connectivity index (χ3v) is 2.85. The number of carbonyl (C=O) groups is 1. The highest BCUT2D eigenvalue weighted by Gasteiger charge is 2.24. The number of hydrogen-bond acceptors (Lipinski definition) is 4. The van der Waals surface area contributed by atoms with E-state index in [-0.39, 0.29) is 12.3 Å². The van der Waals surface area contributed by atoms with E-state index in [9.17, 15) is 9.90 Å². The fourth-order valence-corrected chi connectivity index (χ4v) is 1.87. The maximum Gasteiger partial charge on any atom is 0.312 e. The first-order valence-corrected chi connectivity index (χ1v) is 5.23. The Bertz CT molecular complexity index is 443. The summed E-state index contributed by atoms with van der Waals surface area (Å²) in [6.45, 7) is 3.40. The van der Waals surface area contributed by atoms with Crippen LogP contribution in [0, 0.1) is 13.8 Å². The highest BCUT2D eigenvalue weighted by Crippen LogP contribution is 2.37. The van der Waals surface area contributed by atoms with Gasteiger partial charge in [0.05, 0.1) is 13.0 Å². The molecule has 0 heterocycles. The Morgan fingerprint density at radius 3 is 2.53 bits per heavy atom. The summed E-state index contributed by atoms with van der Waals surface area (Å²) in [4.78, 5) is 11.1. The normalized spacial score (nSPS) is 12.2. The van der Waals surface area contributed by atoms with E-state index >= 15 is 0 Å². The lowest BCUT2D eigenvalue weighted by Crippen LogP contribution is -2.22. The molecule has 0 amide bonds. The zero-order chi connectivity index (χ0) is 13.2. The summed E-state index contributed by atoms with van der Waals surface area (Å²) in [5.41, 5.74) is 7.22. The Kier molecular flexibility index (Phi) is 3.96. The summed E-state index contributed by atoms with van der Waals surface area (Å²) in [6.07, 6.45) is 0. The second-order valence-electron chi connectivity index (χ2n) is 3.92. The third kappa shape index (κ3) is 2.34. The Morgan fingerprint density at radius 1 is 1.53 bits per heavy atom. The molecule has 1 aromatic rings. The molecule has 5 heteroatoms. The summed E-state index contributed by atoms with van der Waals surface area (Å²) in [5.74, 6) is -1.43. The van der Waals surface area contributed by atoms with E-state index in [0.29, 0.717) is 22.4 Å². The van der Waals surface area contributed by atoms with Gasteiger partial charge in [-0.2, -0.15) is 0 Å². The molecule has 1 unspecified atom stereocenters.